The van der Waals surface area contributed by atoms with E-state index in [9.17, 15) is 26.3 Å². The predicted octanol–water partition coefficient (Wildman–Crippen LogP) is 8.56. The van der Waals surface area contributed by atoms with E-state index in [1.807, 2.05) is 13.8 Å². The van der Waals surface area contributed by atoms with E-state index in [4.69, 9.17) is 0 Å². The summed E-state index contributed by atoms with van der Waals surface area (Å²) in [6.07, 6.45) is -4.73. The Kier molecular flexibility index (Phi) is 9.56. The molecule has 0 heterocycles. The van der Waals surface area contributed by atoms with E-state index >= 15 is 0 Å². The second-order valence-electron chi connectivity index (χ2n) is 7.75. The third kappa shape index (κ3) is 8.94. The van der Waals surface area contributed by atoms with Crippen LogP contribution in [0, 0.1) is 0 Å². The van der Waals surface area contributed by atoms with Crippen molar-refractivity contribution in [1.82, 2.24) is 0 Å². The third-order valence-electron chi connectivity index (χ3n) is 4.93. The molecule has 0 unspecified atom stereocenters. The maximum Gasteiger partial charge on any atom is 0.433 e. The minimum absolute atomic E-state index is 0.00991. The van der Waals surface area contributed by atoms with Crippen molar-refractivity contribution in [2.45, 2.75) is 64.7 Å². The lowest BCUT2D eigenvalue weighted by molar-refractivity contribution is -0.0904. The molecule has 0 aliphatic heterocycles. The van der Waals surface area contributed by atoms with E-state index in [1.165, 1.54) is 24.3 Å². The molecule has 0 saturated carbocycles. The lowest BCUT2D eigenvalue weighted by atomic mass is 10.1. The van der Waals surface area contributed by atoms with Crippen LogP contribution in [0.2, 0.25) is 0 Å². The van der Waals surface area contributed by atoms with Gasteiger partial charge in [0.1, 0.15) is 11.4 Å². The average Bonchev–Trinajstić information content (AvgIpc) is 2.75. The fraction of sp³-hybridized carbons (Fsp3) is 0.400. The number of allylic oxidation sites excluding steroid dienone is 2. The molecule has 33 heavy (non-hydrogen) atoms. The quantitative estimate of drug-likeness (QED) is 0.273. The number of aryl methyl sites for hydroxylation is 2. The summed E-state index contributed by atoms with van der Waals surface area (Å²) in [6, 6.07) is 12.2. The number of aliphatic imine (C=N–C) groups is 1. The lowest BCUT2D eigenvalue weighted by Crippen LogP contribution is -2.26. The van der Waals surface area contributed by atoms with Crippen LogP contribution in [-0.2, 0) is 12.8 Å². The summed E-state index contributed by atoms with van der Waals surface area (Å²) < 4.78 is 81.3. The number of nitrogens with one attached hydrogen (secondary N) is 1. The van der Waals surface area contributed by atoms with Gasteiger partial charge in [0.2, 0.25) is 0 Å². The molecule has 1 N–H and O–H groups in total. The molecule has 0 spiro atoms. The number of nitrogens with zero attached hydrogens (tertiary/aromatic N) is 1. The normalized spacial score (nSPS) is 13.3. The molecule has 2 aromatic rings. The van der Waals surface area contributed by atoms with Gasteiger partial charge in [0.05, 0.1) is 5.69 Å². The predicted molar refractivity (Wildman–Crippen MR) is 121 cm³/mol. The number of anilines is 1. The van der Waals surface area contributed by atoms with Gasteiger partial charge in [0.25, 0.3) is 0 Å². The Balaban J connectivity index is 2.34. The van der Waals surface area contributed by atoms with Crippen molar-refractivity contribution in [2.75, 3.05) is 5.32 Å². The number of benzene rings is 2. The zero-order valence-electron chi connectivity index (χ0n) is 18.7. The molecule has 2 aromatic carbocycles. The van der Waals surface area contributed by atoms with Crippen LogP contribution in [0.15, 0.2) is 65.3 Å². The van der Waals surface area contributed by atoms with Crippen molar-refractivity contribution in [3.05, 3.63) is 71.4 Å². The van der Waals surface area contributed by atoms with Crippen LogP contribution in [0.25, 0.3) is 0 Å². The van der Waals surface area contributed by atoms with Gasteiger partial charge in [-0.15, -0.1) is 0 Å². The van der Waals surface area contributed by atoms with E-state index in [0.717, 1.165) is 49.7 Å². The molecule has 0 atom stereocenters. The first-order valence-electron chi connectivity index (χ1n) is 10.9. The van der Waals surface area contributed by atoms with Crippen LogP contribution in [-0.4, -0.2) is 18.1 Å². The molecular formula is C25H28F6N2. The van der Waals surface area contributed by atoms with Crippen LogP contribution >= 0.6 is 0 Å². The van der Waals surface area contributed by atoms with Crippen LogP contribution < -0.4 is 5.32 Å². The van der Waals surface area contributed by atoms with Crippen molar-refractivity contribution < 1.29 is 26.3 Å². The molecule has 0 aliphatic rings. The second kappa shape index (κ2) is 11.9. The number of alkyl halides is 6. The van der Waals surface area contributed by atoms with Crippen LogP contribution in [0.5, 0.6) is 0 Å². The summed E-state index contributed by atoms with van der Waals surface area (Å²) in [6.45, 7) is 4.05. The zero-order valence-corrected chi connectivity index (χ0v) is 18.7. The highest BCUT2D eigenvalue weighted by Gasteiger charge is 2.40. The van der Waals surface area contributed by atoms with Crippen molar-refractivity contribution >= 4 is 17.1 Å². The maximum absolute atomic E-state index is 13.6. The number of rotatable bonds is 10. The summed E-state index contributed by atoms with van der Waals surface area (Å²) in [4.78, 5) is 3.47. The smallest absolute Gasteiger partial charge is 0.351 e. The van der Waals surface area contributed by atoms with Gasteiger partial charge in [-0.2, -0.15) is 26.3 Å². The van der Waals surface area contributed by atoms with Gasteiger partial charge in [0.15, 0.2) is 0 Å². The molecule has 0 saturated heterocycles. The first kappa shape index (κ1) is 26.5. The van der Waals surface area contributed by atoms with E-state index < -0.39 is 23.8 Å². The zero-order chi connectivity index (χ0) is 24.5. The van der Waals surface area contributed by atoms with Gasteiger partial charge >= 0.3 is 12.4 Å². The number of hydrogen-bond donors (Lipinski definition) is 1. The maximum atomic E-state index is 13.6. The Hall–Kier alpha value is -2.77. The van der Waals surface area contributed by atoms with Crippen LogP contribution in [0.4, 0.5) is 37.7 Å². The summed E-state index contributed by atoms with van der Waals surface area (Å²) >= 11 is 0. The SMILES string of the molecule is CCCCc1ccc(N=C(/C=C(\Nc2ccc(CCCC)cc2)C(F)(F)F)C(F)(F)F)cc1. The molecule has 2 nitrogen and oxygen atoms in total. The van der Waals surface area contributed by atoms with Crippen molar-refractivity contribution in [3.8, 4) is 0 Å². The van der Waals surface area contributed by atoms with Gasteiger partial charge in [-0.05, 0) is 67.2 Å². The molecule has 0 fully saturated rings. The molecule has 0 amide bonds. The first-order valence-corrected chi connectivity index (χ1v) is 10.9. The highest BCUT2D eigenvalue weighted by molar-refractivity contribution is 6.02. The standard InChI is InChI=1S/C25H28F6N2/c1-3-5-7-18-9-13-20(14-10-18)32-22(24(26,27)28)17-23(25(29,30)31)33-21-15-11-19(12-16-21)8-6-4-2/h9-17,32H,3-8H2,1-2H3/b22-17-,33-23?. The largest absolute Gasteiger partial charge is 0.433 e. The molecular weight excluding hydrogens is 442 g/mol. The third-order valence-corrected chi connectivity index (χ3v) is 4.93. The summed E-state index contributed by atoms with van der Waals surface area (Å²) in [5.41, 5.74) is -1.33. The topological polar surface area (TPSA) is 24.4 Å². The monoisotopic (exact) mass is 470 g/mol. The van der Waals surface area contributed by atoms with Gasteiger partial charge < -0.3 is 5.32 Å². The Morgan fingerprint density at radius 3 is 1.67 bits per heavy atom. The van der Waals surface area contributed by atoms with Crippen LogP contribution in [0.1, 0.15) is 50.7 Å². The minimum atomic E-state index is -5.07. The Bertz CT molecular complexity index is 923. The van der Waals surface area contributed by atoms with Gasteiger partial charge in [0, 0.05) is 5.69 Å². The molecule has 0 bridgehead atoms. The van der Waals surface area contributed by atoms with Crippen LogP contribution in [0.3, 0.4) is 0 Å². The van der Waals surface area contributed by atoms with E-state index in [-0.39, 0.29) is 17.5 Å². The molecule has 180 valence electrons. The van der Waals surface area contributed by atoms with Gasteiger partial charge in [-0.3, -0.25) is 0 Å². The fourth-order valence-corrected chi connectivity index (χ4v) is 3.05. The van der Waals surface area contributed by atoms with Crippen molar-refractivity contribution in [1.29, 1.82) is 0 Å². The van der Waals surface area contributed by atoms with Gasteiger partial charge in [-0.1, -0.05) is 51.0 Å². The highest BCUT2D eigenvalue weighted by atomic mass is 19.4. The van der Waals surface area contributed by atoms with E-state index in [1.54, 1.807) is 24.3 Å². The number of hydrogen-bond acceptors (Lipinski definition) is 2. The Labute approximate surface area is 190 Å². The number of halogens is 6. The summed E-state index contributed by atoms with van der Waals surface area (Å²) in [5.74, 6) is 0. The highest BCUT2D eigenvalue weighted by Crippen LogP contribution is 2.31. The first-order chi connectivity index (χ1) is 15.5. The van der Waals surface area contributed by atoms with E-state index in [0.29, 0.717) is 0 Å². The molecule has 0 radical (unpaired) electrons. The number of unbranched alkanes of at least 4 members (excludes halogenated alkanes) is 2. The Morgan fingerprint density at radius 2 is 1.24 bits per heavy atom. The van der Waals surface area contributed by atoms with E-state index in [2.05, 4.69) is 10.3 Å². The van der Waals surface area contributed by atoms with Gasteiger partial charge in [-0.25, -0.2) is 4.99 Å². The molecule has 8 heteroatoms. The summed E-state index contributed by atoms with van der Waals surface area (Å²) in [7, 11) is 0. The summed E-state index contributed by atoms with van der Waals surface area (Å²) in [5, 5.41) is 2.08. The van der Waals surface area contributed by atoms with Crippen molar-refractivity contribution in [2.24, 2.45) is 4.99 Å². The fourth-order valence-electron chi connectivity index (χ4n) is 3.05. The molecule has 0 aliphatic carbocycles. The Morgan fingerprint density at radius 1 is 0.758 bits per heavy atom. The molecule has 0 aromatic heterocycles. The average molecular weight is 471 g/mol. The van der Waals surface area contributed by atoms with Crippen molar-refractivity contribution in [3.63, 3.8) is 0 Å². The minimum Gasteiger partial charge on any atom is -0.351 e. The molecule has 2 rings (SSSR count). The lowest BCUT2D eigenvalue weighted by Gasteiger charge is -2.16. The second-order valence-corrected chi connectivity index (χ2v) is 7.75.